The average molecular weight is 377 g/mol. The van der Waals surface area contributed by atoms with E-state index in [0.29, 0.717) is 27.2 Å². The molecule has 1 amide bonds. The summed E-state index contributed by atoms with van der Waals surface area (Å²) in [7, 11) is 0. The maximum absolute atomic E-state index is 12.9. The van der Waals surface area contributed by atoms with Crippen molar-refractivity contribution in [3.8, 4) is 0 Å². The lowest BCUT2D eigenvalue weighted by atomic mass is 10.3. The van der Waals surface area contributed by atoms with E-state index in [1.54, 1.807) is 18.2 Å². The van der Waals surface area contributed by atoms with Crippen LogP contribution >= 0.6 is 23.2 Å². The number of nitrogens with zero attached hydrogens (tertiary/aromatic N) is 2. The van der Waals surface area contributed by atoms with Crippen molar-refractivity contribution in [2.24, 2.45) is 0 Å². The smallest absolute Gasteiger partial charge is 0.275 e. The fourth-order valence-electron chi connectivity index (χ4n) is 1.96. The third-order valence-electron chi connectivity index (χ3n) is 3.18. The van der Waals surface area contributed by atoms with E-state index in [-0.39, 0.29) is 11.5 Å². The second-order valence-corrected chi connectivity index (χ2v) is 5.82. The molecule has 1 aromatic heterocycles. The number of nitrogens with one attached hydrogen (secondary N) is 2. The second-order valence-electron chi connectivity index (χ2n) is 5.00. The lowest BCUT2D eigenvalue weighted by Crippen LogP contribution is -2.14. The maximum Gasteiger partial charge on any atom is 0.275 e. The van der Waals surface area contributed by atoms with E-state index >= 15 is 0 Å². The zero-order valence-corrected chi connectivity index (χ0v) is 14.1. The van der Waals surface area contributed by atoms with E-state index in [4.69, 9.17) is 23.2 Å². The second kappa shape index (κ2) is 7.46. The van der Waals surface area contributed by atoms with Crippen molar-refractivity contribution < 1.29 is 9.18 Å². The minimum Gasteiger partial charge on any atom is -0.339 e. The fraction of sp³-hybridized carbons (Fsp3) is 0. The van der Waals surface area contributed by atoms with Gasteiger partial charge in [0.15, 0.2) is 0 Å². The van der Waals surface area contributed by atoms with Gasteiger partial charge in [-0.2, -0.15) is 0 Å². The van der Waals surface area contributed by atoms with Gasteiger partial charge in [-0.05, 0) is 42.5 Å². The molecule has 1 heterocycles. The van der Waals surface area contributed by atoms with Gasteiger partial charge in [-0.3, -0.25) is 4.79 Å². The molecule has 25 heavy (non-hydrogen) atoms. The van der Waals surface area contributed by atoms with Crippen LogP contribution in [0.3, 0.4) is 0 Å². The Morgan fingerprint density at radius 1 is 0.920 bits per heavy atom. The largest absolute Gasteiger partial charge is 0.339 e. The summed E-state index contributed by atoms with van der Waals surface area (Å²) >= 11 is 11.8. The molecule has 2 N–H and O–H groups in total. The lowest BCUT2D eigenvalue weighted by molar-refractivity contribution is 0.102. The summed E-state index contributed by atoms with van der Waals surface area (Å²) in [5, 5.41) is 6.47. The Kier molecular flexibility index (Phi) is 5.11. The number of carbonyl (C=O) groups excluding carboxylic acids is 1. The van der Waals surface area contributed by atoms with Crippen LogP contribution in [0.5, 0.6) is 0 Å². The minimum atomic E-state index is -0.444. The Hall–Kier alpha value is -2.70. The van der Waals surface area contributed by atoms with Crippen molar-refractivity contribution in [3.05, 3.63) is 76.4 Å². The Morgan fingerprint density at radius 2 is 1.64 bits per heavy atom. The molecule has 0 aliphatic carbocycles. The number of halogens is 3. The SMILES string of the molecule is O=C(Nc1ccc(F)cc1)c1cnc(Nc2ccc(Cl)c(Cl)c2)cn1. The van der Waals surface area contributed by atoms with E-state index in [1.165, 1.54) is 36.7 Å². The molecule has 0 bridgehead atoms. The van der Waals surface area contributed by atoms with E-state index < -0.39 is 5.91 Å². The predicted octanol–water partition coefficient (Wildman–Crippen LogP) is 4.92. The third kappa shape index (κ3) is 4.43. The molecule has 0 fully saturated rings. The van der Waals surface area contributed by atoms with E-state index in [9.17, 15) is 9.18 Å². The Balaban J connectivity index is 1.67. The summed E-state index contributed by atoms with van der Waals surface area (Å²) in [5.41, 5.74) is 1.28. The Bertz CT molecular complexity index is 902. The average Bonchev–Trinajstić information content (AvgIpc) is 2.61. The molecule has 0 radical (unpaired) electrons. The fourth-order valence-corrected chi connectivity index (χ4v) is 2.26. The molecule has 2 aromatic carbocycles. The monoisotopic (exact) mass is 376 g/mol. The van der Waals surface area contributed by atoms with Gasteiger partial charge in [-0.1, -0.05) is 23.2 Å². The van der Waals surface area contributed by atoms with Crippen molar-refractivity contribution in [3.63, 3.8) is 0 Å². The number of hydrogen-bond acceptors (Lipinski definition) is 4. The molecule has 126 valence electrons. The van der Waals surface area contributed by atoms with Crippen molar-refractivity contribution in [2.45, 2.75) is 0 Å². The van der Waals surface area contributed by atoms with E-state index in [0.717, 1.165) is 0 Å². The van der Waals surface area contributed by atoms with Crippen LogP contribution in [0.25, 0.3) is 0 Å². The van der Waals surface area contributed by atoms with Crippen LogP contribution in [0.15, 0.2) is 54.9 Å². The highest BCUT2D eigenvalue weighted by molar-refractivity contribution is 6.42. The van der Waals surface area contributed by atoms with Gasteiger partial charge in [-0.15, -0.1) is 0 Å². The van der Waals surface area contributed by atoms with Gasteiger partial charge < -0.3 is 10.6 Å². The van der Waals surface area contributed by atoms with Crippen LogP contribution in [0, 0.1) is 5.82 Å². The van der Waals surface area contributed by atoms with Crippen LogP contribution in [0.4, 0.5) is 21.6 Å². The summed E-state index contributed by atoms with van der Waals surface area (Å²) in [6.07, 6.45) is 2.75. The van der Waals surface area contributed by atoms with Crippen LogP contribution in [0.2, 0.25) is 10.0 Å². The first-order chi connectivity index (χ1) is 12.0. The number of amides is 1. The van der Waals surface area contributed by atoms with Crippen LogP contribution in [0.1, 0.15) is 10.5 Å². The molecule has 5 nitrogen and oxygen atoms in total. The standard InChI is InChI=1S/C17H11Cl2FN4O/c18-13-6-5-12(7-14(13)19)23-16-9-21-15(8-22-16)17(25)24-11-3-1-10(20)2-4-11/h1-9H,(H,22,23)(H,24,25). The summed E-state index contributed by atoms with van der Waals surface area (Å²) in [6.45, 7) is 0. The zero-order valence-electron chi connectivity index (χ0n) is 12.6. The van der Waals surface area contributed by atoms with Gasteiger partial charge in [0.2, 0.25) is 0 Å². The first kappa shape index (κ1) is 17.1. The molecular weight excluding hydrogens is 366 g/mol. The van der Waals surface area contributed by atoms with Crippen LogP contribution < -0.4 is 10.6 Å². The van der Waals surface area contributed by atoms with E-state index in [2.05, 4.69) is 20.6 Å². The van der Waals surface area contributed by atoms with Gasteiger partial charge in [0, 0.05) is 11.4 Å². The lowest BCUT2D eigenvalue weighted by Gasteiger charge is -2.07. The number of benzene rings is 2. The Labute approximate surface area is 152 Å². The molecular formula is C17H11Cl2FN4O. The summed E-state index contributed by atoms with van der Waals surface area (Å²) in [4.78, 5) is 20.3. The van der Waals surface area contributed by atoms with Gasteiger partial charge in [0.1, 0.15) is 17.3 Å². The van der Waals surface area contributed by atoms with Crippen molar-refractivity contribution in [1.82, 2.24) is 9.97 Å². The number of anilines is 3. The molecule has 0 spiro atoms. The van der Waals surface area contributed by atoms with Gasteiger partial charge >= 0.3 is 0 Å². The molecule has 8 heteroatoms. The first-order valence-electron chi connectivity index (χ1n) is 7.12. The number of aromatic nitrogens is 2. The van der Waals surface area contributed by atoms with E-state index in [1.807, 2.05) is 0 Å². The highest BCUT2D eigenvalue weighted by atomic mass is 35.5. The van der Waals surface area contributed by atoms with Crippen LogP contribution in [-0.2, 0) is 0 Å². The molecule has 0 atom stereocenters. The van der Waals surface area contributed by atoms with Gasteiger partial charge in [0.05, 0.1) is 22.4 Å². The molecule has 0 saturated heterocycles. The topological polar surface area (TPSA) is 66.9 Å². The van der Waals surface area contributed by atoms with Crippen LogP contribution in [-0.4, -0.2) is 15.9 Å². The normalized spacial score (nSPS) is 10.4. The summed E-state index contributed by atoms with van der Waals surface area (Å²) in [6, 6.07) is 10.5. The van der Waals surface area contributed by atoms with Crippen molar-refractivity contribution in [2.75, 3.05) is 10.6 Å². The molecule has 0 saturated carbocycles. The number of hydrogen-bond donors (Lipinski definition) is 2. The van der Waals surface area contributed by atoms with Gasteiger partial charge in [0.25, 0.3) is 5.91 Å². The summed E-state index contributed by atoms with van der Waals surface area (Å²) in [5.74, 6) is -0.382. The molecule has 3 rings (SSSR count). The number of rotatable bonds is 4. The quantitative estimate of drug-likeness (QED) is 0.678. The third-order valence-corrected chi connectivity index (χ3v) is 3.92. The minimum absolute atomic E-state index is 0.129. The van der Waals surface area contributed by atoms with Crippen molar-refractivity contribution in [1.29, 1.82) is 0 Å². The Morgan fingerprint density at radius 3 is 2.28 bits per heavy atom. The van der Waals surface area contributed by atoms with Gasteiger partial charge in [-0.25, -0.2) is 14.4 Å². The predicted molar refractivity (Wildman–Crippen MR) is 96.1 cm³/mol. The zero-order chi connectivity index (χ0) is 17.8. The first-order valence-corrected chi connectivity index (χ1v) is 7.88. The summed E-state index contributed by atoms with van der Waals surface area (Å²) < 4.78 is 12.9. The maximum atomic E-state index is 12.9. The highest BCUT2D eigenvalue weighted by Gasteiger charge is 2.09. The number of carbonyl (C=O) groups is 1. The van der Waals surface area contributed by atoms with Crippen molar-refractivity contribution >= 4 is 46.3 Å². The molecule has 0 aliphatic heterocycles. The molecule has 0 unspecified atom stereocenters. The molecule has 3 aromatic rings. The highest BCUT2D eigenvalue weighted by Crippen LogP contribution is 2.26. The molecule has 0 aliphatic rings.